The molecular weight excluding hydrogens is 310 g/mol. The molecule has 1 aromatic heterocycles. The number of nitrogens with zero attached hydrogens (tertiary/aromatic N) is 1. The van der Waals surface area contributed by atoms with Gasteiger partial charge in [0.1, 0.15) is 0 Å². The number of amides is 1. The zero-order chi connectivity index (χ0) is 13.0. The van der Waals surface area contributed by atoms with Crippen molar-refractivity contribution in [3.8, 4) is 0 Å². The Labute approximate surface area is 122 Å². The third kappa shape index (κ3) is 3.15. The van der Waals surface area contributed by atoms with E-state index < -0.39 is 0 Å². The van der Waals surface area contributed by atoms with Crippen molar-refractivity contribution in [2.24, 2.45) is 0 Å². The van der Waals surface area contributed by atoms with E-state index in [0.29, 0.717) is 6.04 Å². The second-order valence-corrected chi connectivity index (χ2v) is 6.71. The molecule has 1 fully saturated rings. The van der Waals surface area contributed by atoms with Crippen molar-refractivity contribution in [3.63, 3.8) is 0 Å². The maximum atomic E-state index is 12.6. The normalized spacial score (nSPS) is 16.1. The standard InChI is InChI=1S/C14H20BrNOS/c1-2-12-7-8-13(18-12)14(17)16(10-9-15)11-5-3-4-6-11/h7-8,11H,2-6,9-10H2,1H3. The van der Waals surface area contributed by atoms with E-state index in [4.69, 9.17) is 0 Å². The number of hydrogen-bond donors (Lipinski definition) is 0. The highest BCUT2D eigenvalue weighted by Gasteiger charge is 2.27. The Morgan fingerprint density at radius 1 is 1.44 bits per heavy atom. The zero-order valence-electron chi connectivity index (χ0n) is 10.8. The molecule has 18 heavy (non-hydrogen) atoms. The molecule has 1 aliphatic rings. The van der Waals surface area contributed by atoms with Crippen molar-refractivity contribution in [1.82, 2.24) is 4.90 Å². The molecule has 0 N–H and O–H groups in total. The van der Waals surface area contributed by atoms with Crippen LogP contribution in [0, 0.1) is 0 Å². The maximum absolute atomic E-state index is 12.6. The molecule has 1 aromatic rings. The maximum Gasteiger partial charge on any atom is 0.264 e. The Morgan fingerprint density at radius 2 is 2.17 bits per heavy atom. The van der Waals surface area contributed by atoms with E-state index in [-0.39, 0.29) is 5.91 Å². The summed E-state index contributed by atoms with van der Waals surface area (Å²) in [7, 11) is 0. The quantitative estimate of drug-likeness (QED) is 0.745. The van der Waals surface area contributed by atoms with Crippen LogP contribution in [0.5, 0.6) is 0 Å². The van der Waals surface area contributed by atoms with Gasteiger partial charge in [0.25, 0.3) is 5.91 Å². The first-order chi connectivity index (χ1) is 8.76. The van der Waals surface area contributed by atoms with Gasteiger partial charge in [0.15, 0.2) is 0 Å². The summed E-state index contributed by atoms with van der Waals surface area (Å²) in [6, 6.07) is 4.53. The SMILES string of the molecule is CCc1ccc(C(=O)N(CCBr)C2CCCC2)s1. The number of hydrogen-bond acceptors (Lipinski definition) is 2. The van der Waals surface area contributed by atoms with E-state index in [2.05, 4.69) is 33.8 Å². The lowest BCUT2D eigenvalue weighted by molar-refractivity contribution is 0.0701. The Kier molecular flexibility index (Phi) is 5.25. The Hall–Kier alpha value is -0.350. The van der Waals surface area contributed by atoms with Crippen molar-refractivity contribution in [3.05, 3.63) is 21.9 Å². The Bertz CT molecular complexity index is 398. The molecule has 0 aromatic carbocycles. The second-order valence-electron chi connectivity index (χ2n) is 4.75. The summed E-state index contributed by atoms with van der Waals surface area (Å²) in [6.07, 6.45) is 5.89. The van der Waals surface area contributed by atoms with Crippen molar-refractivity contribution >= 4 is 33.2 Å². The molecule has 1 amide bonds. The summed E-state index contributed by atoms with van der Waals surface area (Å²) in [5.41, 5.74) is 0. The minimum Gasteiger partial charge on any atom is -0.334 e. The number of alkyl halides is 1. The van der Waals surface area contributed by atoms with Gasteiger partial charge in [0.05, 0.1) is 4.88 Å². The van der Waals surface area contributed by atoms with Crippen LogP contribution in [-0.4, -0.2) is 28.7 Å². The molecule has 2 rings (SSSR count). The van der Waals surface area contributed by atoms with Crippen molar-refractivity contribution in [2.45, 2.75) is 45.1 Å². The van der Waals surface area contributed by atoms with Crippen LogP contribution in [0.25, 0.3) is 0 Å². The third-order valence-corrected chi connectivity index (χ3v) is 5.14. The number of halogens is 1. The largest absolute Gasteiger partial charge is 0.334 e. The molecule has 100 valence electrons. The molecule has 0 bridgehead atoms. The van der Waals surface area contributed by atoms with Crippen LogP contribution in [0.2, 0.25) is 0 Å². The highest BCUT2D eigenvalue weighted by atomic mass is 79.9. The average Bonchev–Trinajstić information content (AvgIpc) is 3.05. The smallest absolute Gasteiger partial charge is 0.264 e. The molecule has 2 nitrogen and oxygen atoms in total. The first-order valence-corrected chi connectivity index (χ1v) is 8.65. The highest BCUT2D eigenvalue weighted by Crippen LogP contribution is 2.27. The number of thiophene rings is 1. The molecule has 0 spiro atoms. The summed E-state index contributed by atoms with van der Waals surface area (Å²) in [4.78, 5) is 16.8. The first-order valence-electron chi connectivity index (χ1n) is 6.72. The Balaban J connectivity index is 2.11. The van der Waals surface area contributed by atoms with Gasteiger partial charge in [-0.15, -0.1) is 11.3 Å². The first kappa shape index (κ1) is 14.1. The van der Waals surface area contributed by atoms with E-state index >= 15 is 0 Å². The van der Waals surface area contributed by atoms with Gasteiger partial charge in [-0.1, -0.05) is 35.7 Å². The van der Waals surface area contributed by atoms with Crippen LogP contribution in [0.15, 0.2) is 12.1 Å². The van der Waals surface area contributed by atoms with Crippen LogP contribution in [0.3, 0.4) is 0 Å². The van der Waals surface area contributed by atoms with Gasteiger partial charge < -0.3 is 4.90 Å². The molecule has 0 unspecified atom stereocenters. The summed E-state index contributed by atoms with van der Waals surface area (Å²) >= 11 is 5.11. The Morgan fingerprint density at radius 3 is 2.72 bits per heavy atom. The molecule has 0 aliphatic heterocycles. The van der Waals surface area contributed by atoms with Crippen molar-refractivity contribution < 1.29 is 4.79 Å². The lowest BCUT2D eigenvalue weighted by Crippen LogP contribution is -2.39. The topological polar surface area (TPSA) is 20.3 Å². The molecule has 4 heteroatoms. The van der Waals surface area contributed by atoms with E-state index in [1.54, 1.807) is 11.3 Å². The van der Waals surface area contributed by atoms with Gasteiger partial charge in [0.2, 0.25) is 0 Å². The summed E-state index contributed by atoms with van der Waals surface area (Å²) in [5, 5.41) is 0.862. The lowest BCUT2D eigenvalue weighted by Gasteiger charge is -2.27. The fourth-order valence-corrected chi connectivity index (χ4v) is 3.87. The van der Waals surface area contributed by atoms with Crippen LogP contribution in [0.4, 0.5) is 0 Å². The highest BCUT2D eigenvalue weighted by molar-refractivity contribution is 9.09. The number of aryl methyl sites for hydroxylation is 1. The van der Waals surface area contributed by atoms with Gasteiger partial charge in [0, 0.05) is 22.8 Å². The molecule has 0 radical (unpaired) electrons. The minimum atomic E-state index is 0.228. The average molecular weight is 330 g/mol. The number of carbonyl (C=O) groups is 1. The molecule has 1 saturated carbocycles. The van der Waals surface area contributed by atoms with E-state index in [9.17, 15) is 4.79 Å². The van der Waals surface area contributed by atoms with Crippen LogP contribution < -0.4 is 0 Å². The summed E-state index contributed by atoms with van der Waals surface area (Å²) < 4.78 is 0. The van der Waals surface area contributed by atoms with Crippen LogP contribution >= 0.6 is 27.3 Å². The van der Waals surface area contributed by atoms with Crippen molar-refractivity contribution in [1.29, 1.82) is 0 Å². The van der Waals surface area contributed by atoms with Crippen molar-refractivity contribution in [2.75, 3.05) is 11.9 Å². The van der Waals surface area contributed by atoms with Gasteiger partial charge in [-0.3, -0.25) is 4.79 Å². The molecule has 1 aliphatic carbocycles. The zero-order valence-corrected chi connectivity index (χ0v) is 13.2. The molecule has 1 heterocycles. The predicted molar refractivity (Wildman–Crippen MR) is 80.8 cm³/mol. The van der Waals surface area contributed by atoms with Gasteiger partial charge in [-0.2, -0.15) is 0 Å². The van der Waals surface area contributed by atoms with E-state index in [1.807, 2.05) is 6.07 Å². The van der Waals surface area contributed by atoms with Crippen LogP contribution in [0.1, 0.15) is 47.2 Å². The summed E-state index contributed by atoms with van der Waals surface area (Å²) in [5.74, 6) is 0.228. The van der Waals surface area contributed by atoms with E-state index in [0.717, 1.165) is 23.2 Å². The third-order valence-electron chi connectivity index (χ3n) is 3.57. The van der Waals surface area contributed by atoms with Gasteiger partial charge >= 0.3 is 0 Å². The monoisotopic (exact) mass is 329 g/mol. The van der Waals surface area contributed by atoms with E-state index in [1.165, 1.54) is 30.6 Å². The molecule has 0 atom stereocenters. The fraction of sp³-hybridized carbons (Fsp3) is 0.643. The summed E-state index contributed by atoms with van der Waals surface area (Å²) in [6.45, 7) is 2.95. The van der Waals surface area contributed by atoms with Crippen LogP contribution in [-0.2, 0) is 6.42 Å². The van der Waals surface area contributed by atoms with Gasteiger partial charge in [-0.05, 0) is 31.4 Å². The predicted octanol–water partition coefficient (Wildman–Crippen LogP) is 4.09. The fourth-order valence-electron chi connectivity index (χ4n) is 2.58. The number of rotatable bonds is 5. The lowest BCUT2D eigenvalue weighted by atomic mass is 10.2. The number of carbonyl (C=O) groups excluding carboxylic acids is 1. The second kappa shape index (κ2) is 6.71. The molecular formula is C14H20BrNOS. The minimum absolute atomic E-state index is 0.228. The molecule has 0 saturated heterocycles. The van der Waals surface area contributed by atoms with Gasteiger partial charge in [-0.25, -0.2) is 0 Å².